The number of carbonyl (C=O) groups is 2. The molecule has 1 unspecified atom stereocenters. The molecule has 1 aliphatic heterocycles. The highest BCUT2D eigenvalue weighted by atomic mass is 35.5. The van der Waals surface area contributed by atoms with E-state index in [-0.39, 0.29) is 28.3 Å². The van der Waals surface area contributed by atoms with Crippen LogP contribution in [0.1, 0.15) is 39.3 Å². The van der Waals surface area contributed by atoms with Crippen molar-refractivity contribution >= 4 is 23.4 Å². The van der Waals surface area contributed by atoms with Gasteiger partial charge in [0, 0.05) is 31.5 Å². The maximum absolute atomic E-state index is 12.6. The number of nitrogens with zero attached hydrogens (tertiary/aromatic N) is 2. The summed E-state index contributed by atoms with van der Waals surface area (Å²) < 4.78 is 4.89. The van der Waals surface area contributed by atoms with E-state index in [1.54, 1.807) is 11.8 Å². The lowest BCUT2D eigenvalue weighted by Gasteiger charge is -2.33. The number of nitrogens with one attached hydrogen (secondary N) is 2. The largest absolute Gasteiger partial charge is 0.383 e. The van der Waals surface area contributed by atoms with Crippen LogP contribution in [0.2, 0.25) is 5.02 Å². The lowest BCUT2D eigenvalue weighted by Crippen LogP contribution is -2.50. The Morgan fingerprint density at radius 1 is 1.48 bits per heavy atom. The molecule has 25 heavy (non-hydrogen) atoms. The first-order chi connectivity index (χ1) is 12.0. The lowest BCUT2D eigenvalue weighted by molar-refractivity contribution is 0.0673. The third-order valence-electron chi connectivity index (χ3n) is 4.15. The van der Waals surface area contributed by atoms with Crippen LogP contribution in [0.25, 0.3) is 0 Å². The SMILES string of the molecule is Cc1o[nH]c(=O)c1C(=O)N1CCCC(NC(=O)c2ccncc2Cl)C1. The highest BCUT2D eigenvalue weighted by molar-refractivity contribution is 6.33. The van der Waals surface area contributed by atoms with E-state index in [1.165, 1.54) is 18.5 Å². The van der Waals surface area contributed by atoms with Crippen molar-refractivity contribution < 1.29 is 14.1 Å². The number of aromatic nitrogens is 2. The zero-order chi connectivity index (χ0) is 18.0. The predicted octanol–water partition coefficient (Wildman–Crippen LogP) is 1.36. The minimum atomic E-state index is -0.544. The van der Waals surface area contributed by atoms with Crippen LogP contribution >= 0.6 is 11.6 Å². The molecule has 2 aromatic rings. The number of halogens is 1. The van der Waals surface area contributed by atoms with E-state index in [0.29, 0.717) is 18.7 Å². The zero-order valence-corrected chi connectivity index (χ0v) is 14.3. The molecule has 0 radical (unpaired) electrons. The maximum Gasteiger partial charge on any atom is 0.293 e. The van der Waals surface area contributed by atoms with Gasteiger partial charge in [0.25, 0.3) is 17.4 Å². The number of likely N-dealkylation sites (tertiary alicyclic amines) is 1. The van der Waals surface area contributed by atoms with Crippen molar-refractivity contribution in [3.63, 3.8) is 0 Å². The van der Waals surface area contributed by atoms with Gasteiger partial charge in [-0.3, -0.25) is 19.4 Å². The first kappa shape index (κ1) is 17.2. The highest BCUT2D eigenvalue weighted by Gasteiger charge is 2.29. The molecule has 8 nitrogen and oxygen atoms in total. The number of rotatable bonds is 3. The second kappa shape index (κ2) is 7.10. The van der Waals surface area contributed by atoms with Gasteiger partial charge in [0.1, 0.15) is 11.3 Å². The summed E-state index contributed by atoms with van der Waals surface area (Å²) in [6.45, 7) is 2.39. The lowest BCUT2D eigenvalue weighted by atomic mass is 10.0. The Bertz CT molecular complexity index is 860. The number of hydrogen-bond donors (Lipinski definition) is 2. The van der Waals surface area contributed by atoms with Crippen molar-refractivity contribution in [2.75, 3.05) is 13.1 Å². The second-order valence-electron chi connectivity index (χ2n) is 5.88. The van der Waals surface area contributed by atoms with Crippen LogP contribution in [-0.4, -0.2) is 46.0 Å². The molecule has 3 rings (SSSR count). The van der Waals surface area contributed by atoms with E-state index in [9.17, 15) is 14.4 Å². The van der Waals surface area contributed by atoms with Crippen molar-refractivity contribution in [2.45, 2.75) is 25.8 Å². The van der Waals surface area contributed by atoms with Crippen LogP contribution in [-0.2, 0) is 0 Å². The quantitative estimate of drug-likeness (QED) is 0.854. The molecule has 0 aliphatic carbocycles. The van der Waals surface area contributed by atoms with Gasteiger partial charge in [-0.15, -0.1) is 0 Å². The van der Waals surface area contributed by atoms with Crippen molar-refractivity contribution in [3.8, 4) is 0 Å². The van der Waals surface area contributed by atoms with Gasteiger partial charge in [-0.05, 0) is 25.8 Å². The van der Waals surface area contributed by atoms with Crippen LogP contribution in [0.4, 0.5) is 0 Å². The summed E-state index contributed by atoms with van der Waals surface area (Å²) in [6, 6.07) is 1.32. The summed E-state index contributed by atoms with van der Waals surface area (Å²) in [6.07, 6.45) is 4.35. The Kier molecular flexibility index (Phi) is 4.89. The smallest absolute Gasteiger partial charge is 0.293 e. The Morgan fingerprint density at radius 2 is 2.28 bits per heavy atom. The first-order valence-electron chi connectivity index (χ1n) is 7.85. The molecule has 2 aromatic heterocycles. The van der Waals surface area contributed by atoms with Crippen molar-refractivity contribution in [1.82, 2.24) is 20.4 Å². The second-order valence-corrected chi connectivity index (χ2v) is 6.29. The molecule has 1 saturated heterocycles. The van der Waals surface area contributed by atoms with Gasteiger partial charge in [0.15, 0.2) is 0 Å². The number of pyridine rings is 1. The third-order valence-corrected chi connectivity index (χ3v) is 4.45. The van der Waals surface area contributed by atoms with E-state index >= 15 is 0 Å². The van der Waals surface area contributed by atoms with Gasteiger partial charge in [-0.25, -0.2) is 0 Å². The molecule has 1 aliphatic rings. The Balaban J connectivity index is 1.69. The van der Waals surface area contributed by atoms with Gasteiger partial charge < -0.3 is 14.7 Å². The molecule has 0 saturated carbocycles. The number of aromatic amines is 1. The summed E-state index contributed by atoms with van der Waals surface area (Å²) in [7, 11) is 0. The molecule has 1 atom stereocenters. The molecular weight excluding hydrogens is 348 g/mol. The zero-order valence-electron chi connectivity index (χ0n) is 13.5. The summed E-state index contributed by atoms with van der Waals surface area (Å²) in [5.74, 6) is -0.456. The summed E-state index contributed by atoms with van der Waals surface area (Å²) in [5.41, 5.74) is -0.205. The minimum absolute atomic E-state index is 0.00385. The van der Waals surface area contributed by atoms with Crippen molar-refractivity contribution in [3.05, 3.63) is 50.7 Å². The van der Waals surface area contributed by atoms with E-state index in [1.807, 2.05) is 0 Å². The fraction of sp³-hybridized carbons (Fsp3) is 0.375. The Morgan fingerprint density at radius 3 is 2.96 bits per heavy atom. The topological polar surface area (TPSA) is 108 Å². The Labute approximate surface area is 148 Å². The molecule has 2 amide bonds. The number of H-pyrrole nitrogens is 1. The van der Waals surface area contributed by atoms with Crippen LogP contribution in [0.3, 0.4) is 0 Å². The van der Waals surface area contributed by atoms with E-state index in [0.717, 1.165) is 12.8 Å². The van der Waals surface area contributed by atoms with Crippen LogP contribution in [0, 0.1) is 6.92 Å². The molecule has 3 heterocycles. The summed E-state index contributed by atoms with van der Waals surface area (Å²) >= 11 is 5.98. The van der Waals surface area contributed by atoms with E-state index in [4.69, 9.17) is 16.1 Å². The molecule has 0 aromatic carbocycles. The molecule has 0 spiro atoms. The van der Waals surface area contributed by atoms with E-state index < -0.39 is 11.5 Å². The van der Waals surface area contributed by atoms with E-state index in [2.05, 4.69) is 15.5 Å². The average Bonchev–Trinajstić information content (AvgIpc) is 2.93. The molecule has 2 N–H and O–H groups in total. The summed E-state index contributed by atoms with van der Waals surface area (Å²) in [5, 5.41) is 5.31. The predicted molar refractivity (Wildman–Crippen MR) is 89.7 cm³/mol. The fourth-order valence-corrected chi connectivity index (χ4v) is 3.10. The minimum Gasteiger partial charge on any atom is -0.383 e. The number of aryl methyl sites for hydroxylation is 1. The van der Waals surface area contributed by atoms with Crippen LogP contribution in [0.15, 0.2) is 27.8 Å². The van der Waals surface area contributed by atoms with Gasteiger partial charge in [-0.2, -0.15) is 5.16 Å². The van der Waals surface area contributed by atoms with Gasteiger partial charge in [0.2, 0.25) is 0 Å². The number of amides is 2. The number of carbonyl (C=O) groups excluding carboxylic acids is 2. The molecule has 132 valence electrons. The molecule has 9 heteroatoms. The monoisotopic (exact) mass is 364 g/mol. The van der Waals surface area contributed by atoms with Gasteiger partial charge in [-0.1, -0.05) is 11.6 Å². The van der Waals surface area contributed by atoms with Crippen LogP contribution < -0.4 is 10.9 Å². The van der Waals surface area contributed by atoms with Gasteiger partial charge in [0.05, 0.1) is 10.6 Å². The number of piperidine rings is 1. The normalized spacial score (nSPS) is 17.4. The van der Waals surface area contributed by atoms with Crippen molar-refractivity contribution in [1.29, 1.82) is 0 Å². The fourth-order valence-electron chi connectivity index (χ4n) is 2.89. The molecular formula is C16H17ClN4O4. The average molecular weight is 365 g/mol. The summed E-state index contributed by atoms with van der Waals surface area (Å²) in [4.78, 5) is 42.0. The van der Waals surface area contributed by atoms with Gasteiger partial charge >= 0.3 is 0 Å². The first-order valence-corrected chi connectivity index (χ1v) is 8.23. The van der Waals surface area contributed by atoms with Crippen LogP contribution in [0.5, 0.6) is 0 Å². The highest BCUT2D eigenvalue weighted by Crippen LogP contribution is 2.17. The number of hydrogen-bond acceptors (Lipinski definition) is 5. The molecule has 1 fully saturated rings. The maximum atomic E-state index is 12.6. The van der Waals surface area contributed by atoms with Crippen molar-refractivity contribution in [2.24, 2.45) is 0 Å². The Hall–Kier alpha value is -2.61. The molecule has 0 bridgehead atoms. The third kappa shape index (κ3) is 3.58. The standard InChI is InChI=1S/C16H17ClN4O4/c1-9-13(15(23)20-25-9)16(24)21-6-2-3-10(8-21)19-14(22)11-4-5-18-7-12(11)17/h4-5,7,10H,2-3,6,8H2,1H3,(H,19,22)(H,20,23).